The molecule has 0 unspecified atom stereocenters. The predicted octanol–water partition coefficient (Wildman–Crippen LogP) is 4.31. The predicted molar refractivity (Wildman–Crippen MR) is 124 cm³/mol. The van der Waals surface area contributed by atoms with E-state index in [1.54, 1.807) is 0 Å². The van der Waals surface area contributed by atoms with E-state index in [0.29, 0.717) is 6.54 Å². The van der Waals surface area contributed by atoms with Crippen LogP contribution in [0.4, 0.5) is 0 Å². The van der Waals surface area contributed by atoms with Crippen LogP contribution in [0.25, 0.3) is 21.8 Å². The molecular weight excluding hydrogens is 408 g/mol. The molecule has 31 heavy (non-hydrogen) atoms. The number of ketones is 1. The highest BCUT2D eigenvalue weighted by Gasteiger charge is 2.22. The Morgan fingerprint density at radius 3 is 2.68 bits per heavy atom. The van der Waals surface area contributed by atoms with Crippen molar-refractivity contribution in [2.45, 2.75) is 23.7 Å². The molecule has 0 spiro atoms. The summed E-state index contributed by atoms with van der Waals surface area (Å²) in [4.78, 5) is 28.4. The molecule has 7 heteroatoms. The number of carbonyl (C=O) groups excluding carboxylic acids is 1. The van der Waals surface area contributed by atoms with Gasteiger partial charge in [0.05, 0.1) is 30.5 Å². The smallest absolute Gasteiger partial charge is 0.178 e. The van der Waals surface area contributed by atoms with Gasteiger partial charge in [0.2, 0.25) is 0 Å². The largest absolute Gasteiger partial charge is 0.379 e. The van der Waals surface area contributed by atoms with Gasteiger partial charge in [-0.15, -0.1) is 0 Å². The molecule has 158 valence electrons. The molecule has 2 aromatic carbocycles. The zero-order valence-corrected chi connectivity index (χ0v) is 18.2. The highest BCUT2D eigenvalue weighted by Crippen LogP contribution is 2.31. The van der Waals surface area contributed by atoms with Gasteiger partial charge < -0.3 is 9.72 Å². The number of morpholine rings is 1. The molecule has 1 atom stereocenters. The van der Waals surface area contributed by atoms with E-state index in [-0.39, 0.29) is 11.0 Å². The molecular formula is C24H24N4O2S. The lowest BCUT2D eigenvalue weighted by atomic mass is 10.1. The van der Waals surface area contributed by atoms with Gasteiger partial charge in [0, 0.05) is 41.1 Å². The second kappa shape index (κ2) is 8.78. The van der Waals surface area contributed by atoms with E-state index in [1.807, 2.05) is 61.7 Å². The lowest BCUT2D eigenvalue weighted by molar-refractivity contribution is 0.0330. The number of nitrogens with zero attached hydrogens (tertiary/aromatic N) is 3. The van der Waals surface area contributed by atoms with Gasteiger partial charge in [-0.25, -0.2) is 9.97 Å². The third-order valence-electron chi connectivity index (χ3n) is 5.60. The molecule has 4 aromatic rings. The van der Waals surface area contributed by atoms with Gasteiger partial charge in [0.25, 0.3) is 0 Å². The van der Waals surface area contributed by atoms with E-state index in [4.69, 9.17) is 14.7 Å². The Morgan fingerprint density at radius 1 is 1.10 bits per heavy atom. The van der Waals surface area contributed by atoms with Crippen molar-refractivity contribution in [2.24, 2.45) is 0 Å². The van der Waals surface area contributed by atoms with E-state index in [9.17, 15) is 4.79 Å². The van der Waals surface area contributed by atoms with Crippen molar-refractivity contribution < 1.29 is 9.53 Å². The van der Waals surface area contributed by atoms with E-state index in [1.165, 1.54) is 11.8 Å². The summed E-state index contributed by atoms with van der Waals surface area (Å²) >= 11 is 1.51. The van der Waals surface area contributed by atoms with Crippen molar-refractivity contribution in [3.8, 4) is 0 Å². The number of rotatable bonds is 6. The summed E-state index contributed by atoms with van der Waals surface area (Å²) in [5.74, 6) is 0.884. The highest BCUT2D eigenvalue weighted by atomic mass is 32.2. The van der Waals surface area contributed by atoms with Crippen molar-refractivity contribution in [1.29, 1.82) is 0 Å². The minimum Gasteiger partial charge on any atom is -0.379 e. The Kier molecular flexibility index (Phi) is 5.72. The average Bonchev–Trinajstić information content (AvgIpc) is 3.23. The third kappa shape index (κ3) is 4.21. The molecule has 0 saturated carbocycles. The van der Waals surface area contributed by atoms with E-state index >= 15 is 0 Å². The summed E-state index contributed by atoms with van der Waals surface area (Å²) in [6.07, 6.45) is 1.81. The zero-order valence-electron chi connectivity index (χ0n) is 17.4. The second-order valence-corrected chi connectivity index (χ2v) is 9.05. The van der Waals surface area contributed by atoms with E-state index < -0.39 is 0 Å². The molecule has 0 aliphatic carbocycles. The van der Waals surface area contributed by atoms with Gasteiger partial charge in [-0.05, 0) is 19.1 Å². The number of aromatic nitrogens is 3. The Balaban J connectivity index is 1.43. The fourth-order valence-electron chi connectivity index (χ4n) is 3.93. The Labute approximate surface area is 185 Å². The molecule has 3 heterocycles. The lowest BCUT2D eigenvalue weighted by Crippen LogP contribution is -2.36. The molecule has 1 saturated heterocycles. The summed E-state index contributed by atoms with van der Waals surface area (Å²) < 4.78 is 5.45. The topological polar surface area (TPSA) is 71.1 Å². The number of benzene rings is 2. The van der Waals surface area contributed by atoms with Crippen LogP contribution in [0.15, 0.2) is 59.8 Å². The van der Waals surface area contributed by atoms with E-state index in [2.05, 4.69) is 9.88 Å². The van der Waals surface area contributed by atoms with Gasteiger partial charge in [-0.1, -0.05) is 48.2 Å². The van der Waals surface area contributed by atoms with Gasteiger partial charge in [0.15, 0.2) is 5.78 Å². The average molecular weight is 433 g/mol. The number of H-pyrrole nitrogens is 1. The number of hydrogen-bond donors (Lipinski definition) is 1. The number of aromatic amines is 1. The summed E-state index contributed by atoms with van der Waals surface area (Å²) in [6.45, 7) is 5.89. The van der Waals surface area contributed by atoms with Crippen molar-refractivity contribution >= 4 is 39.4 Å². The quantitative estimate of drug-likeness (QED) is 0.278. The fourth-order valence-corrected chi connectivity index (χ4v) is 4.96. The Morgan fingerprint density at radius 2 is 1.84 bits per heavy atom. The molecule has 1 fully saturated rings. The van der Waals surface area contributed by atoms with Crippen LogP contribution in [0, 0.1) is 0 Å². The maximum Gasteiger partial charge on any atom is 0.178 e. The summed E-state index contributed by atoms with van der Waals surface area (Å²) in [6, 6.07) is 15.9. The van der Waals surface area contributed by atoms with Gasteiger partial charge >= 0.3 is 0 Å². The first-order valence-corrected chi connectivity index (χ1v) is 11.4. The first kappa shape index (κ1) is 20.2. The van der Waals surface area contributed by atoms with Crippen LogP contribution >= 0.6 is 11.8 Å². The highest BCUT2D eigenvalue weighted by molar-refractivity contribution is 8.00. The van der Waals surface area contributed by atoms with Gasteiger partial charge in [-0.2, -0.15) is 0 Å². The van der Waals surface area contributed by atoms with Crippen LogP contribution in [0.2, 0.25) is 0 Å². The third-order valence-corrected chi connectivity index (χ3v) is 6.70. The first-order chi connectivity index (χ1) is 15.2. The lowest BCUT2D eigenvalue weighted by Gasteiger charge is -2.26. The SMILES string of the molecule is C[C@H](Sc1nc(CN2CCOCC2)nc2ccccc12)C(=O)c1c[nH]c2ccccc12. The number of ether oxygens (including phenoxy) is 1. The maximum atomic E-state index is 13.3. The number of hydrogen-bond acceptors (Lipinski definition) is 6. The molecule has 1 N–H and O–H groups in total. The Hall–Kier alpha value is -2.74. The first-order valence-electron chi connectivity index (χ1n) is 10.5. The minimum atomic E-state index is -0.270. The number of Topliss-reactive ketones (excluding diaryl/α,β-unsaturated/α-hetero) is 1. The van der Waals surface area contributed by atoms with Crippen molar-refractivity contribution in [3.63, 3.8) is 0 Å². The summed E-state index contributed by atoms with van der Waals surface area (Å²) in [5, 5.41) is 2.53. The van der Waals surface area contributed by atoms with Crippen molar-refractivity contribution in [2.75, 3.05) is 26.3 Å². The molecule has 0 bridgehead atoms. The van der Waals surface area contributed by atoms with Crippen LogP contribution in [0.1, 0.15) is 23.1 Å². The Bertz CT molecular complexity index is 1230. The summed E-state index contributed by atoms with van der Waals surface area (Å²) in [5.41, 5.74) is 2.61. The molecule has 6 nitrogen and oxygen atoms in total. The molecule has 2 aromatic heterocycles. The normalized spacial score (nSPS) is 16.0. The summed E-state index contributed by atoms with van der Waals surface area (Å²) in [7, 11) is 0. The van der Waals surface area contributed by atoms with Crippen LogP contribution in [0.5, 0.6) is 0 Å². The van der Waals surface area contributed by atoms with E-state index in [0.717, 1.165) is 64.5 Å². The van der Waals surface area contributed by atoms with Gasteiger partial charge in [0.1, 0.15) is 10.9 Å². The second-order valence-electron chi connectivity index (χ2n) is 7.72. The maximum absolute atomic E-state index is 13.3. The van der Waals surface area contributed by atoms with Crippen LogP contribution in [0.3, 0.4) is 0 Å². The number of thioether (sulfide) groups is 1. The number of carbonyl (C=O) groups is 1. The van der Waals surface area contributed by atoms with Crippen molar-refractivity contribution in [3.05, 3.63) is 66.1 Å². The minimum absolute atomic E-state index is 0.0971. The molecule has 0 radical (unpaired) electrons. The zero-order chi connectivity index (χ0) is 21.2. The van der Waals surface area contributed by atoms with Crippen molar-refractivity contribution in [1.82, 2.24) is 19.9 Å². The number of nitrogens with one attached hydrogen (secondary N) is 1. The van der Waals surface area contributed by atoms with Gasteiger partial charge in [-0.3, -0.25) is 9.69 Å². The number of para-hydroxylation sites is 2. The van der Waals surface area contributed by atoms with Crippen LogP contribution < -0.4 is 0 Å². The number of fused-ring (bicyclic) bond motifs is 2. The monoisotopic (exact) mass is 432 g/mol. The standard InChI is InChI=1S/C24H24N4O2S/c1-16(23(29)19-14-25-20-8-4-2-6-17(19)20)31-24-18-7-3-5-9-21(18)26-22(27-24)15-28-10-12-30-13-11-28/h2-9,14,16,25H,10-13,15H2,1H3/t16-/m0/s1. The van der Waals surface area contributed by atoms with Crippen LogP contribution in [-0.4, -0.2) is 57.2 Å². The molecule has 5 rings (SSSR count). The molecule has 1 aliphatic rings. The fraction of sp³-hybridized carbons (Fsp3) is 0.292. The van der Waals surface area contributed by atoms with Crippen LogP contribution in [-0.2, 0) is 11.3 Å². The molecule has 0 amide bonds. The molecule has 1 aliphatic heterocycles.